The van der Waals surface area contributed by atoms with Crippen molar-refractivity contribution in [3.8, 4) is 6.07 Å². The lowest BCUT2D eigenvalue weighted by Gasteiger charge is -2.19. The van der Waals surface area contributed by atoms with E-state index in [1.54, 1.807) is 41.3 Å². The van der Waals surface area contributed by atoms with E-state index in [4.69, 9.17) is 5.26 Å². The van der Waals surface area contributed by atoms with Crippen molar-refractivity contribution < 1.29 is 18.0 Å². The summed E-state index contributed by atoms with van der Waals surface area (Å²) in [4.78, 5) is 28.0. The third kappa shape index (κ3) is 3.59. The van der Waals surface area contributed by atoms with Gasteiger partial charge in [0.05, 0.1) is 28.8 Å². The van der Waals surface area contributed by atoms with E-state index in [0.717, 1.165) is 28.8 Å². The lowest BCUT2D eigenvalue weighted by Crippen LogP contribution is -2.33. The summed E-state index contributed by atoms with van der Waals surface area (Å²) >= 11 is 0. The van der Waals surface area contributed by atoms with Gasteiger partial charge in [0.2, 0.25) is 15.9 Å². The second-order valence-electron chi connectivity index (χ2n) is 9.74. The van der Waals surface area contributed by atoms with Crippen molar-refractivity contribution in [2.75, 3.05) is 4.90 Å². The first-order chi connectivity index (χ1) is 17.3. The van der Waals surface area contributed by atoms with Crippen molar-refractivity contribution in [2.45, 2.75) is 42.4 Å². The zero-order valence-corrected chi connectivity index (χ0v) is 20.2. The molecule has 1 N–H and O–H groups in total. The summed E-state index contributed by atoms with van der Waals surface area (Å²) in [6, 6.07) is 24.1. The van der Waals surface area contributed by atoms with Crippen molar-refractivity contribution in [3.63, 3.8) is 0 Å². The van der Waals surface area contributed by atoms with E-state index < -0.39 is 26.6 Å². The van der Waals surface area contributed by atoms with Crippen molar-refractivity contribution in [3.05, 3.63) is 101 Å². The number of amides is 2. The first kappa shape index (κ1) is 22.5. The summed E-state index contributed by atoms with van der Waals surface area (Å²) in [6.45, 7) is 0.347. The molecule has 2 atom stereocenters. The minimum absolute atomic E-state index is 0.0513. The van der Waals surface area contributed by atoms with Crippen LogP contribution in [-0.2, 0) is 26.8 Å². The van der Waals surface area contributed by atoms with Crippen LogP contribution in [0.15, 0.2) is 72.8 Å². The molecule has 2 amide bonds. The van der Waals surface area contributed by atoms with Gasteiger partial charge in [-0.15, -0.1) is 0 Å². The summed E-state index contributed by atoms with van der Waals surface area (Å²) in [7, 11) is -3.61. The number of fused-ring (bicyclic) bond motifs is 2. The van der Waals surface area contributed by atoms with Crippen LogP contribution in [0, 0.1) is 11.3 Å². The van der Waals surface area contributed by atoms with Gasteiger partial charge in [-0.3, -0.25) is 9.59 Å². The lowest BCUT2D eigenvalue weighted by molar-refractivity contribution is -0.120. The number of carbonyl (C=O) groups is 2. The maximum absolute atomic E-state index is 13.8. The molecule has 0 bridgehead atoms. The number of nitrogens with one attached hydrogen (secondary N) is 1. The molecular weight excluding hydrogens is 474 g/mol. The third-order valence-electron chi connectivity index (χ3n) is 7.46. The van der Waals surface area contributed by atoms with E-state index in [0.29, 0.717) is 24.9 Å². The average Bonchev–Trinajstić information content (AvgIpc) is 3.81. The SMILES string of the molecule is N#Cc1ccc([C@@H]2CC23C(=O)N(Cc2ccc(C(=O)NS(=O)(=O)C4CC4)cc2)c2ccccc23)cc1. The first-order valence-electron chi connectivity index (χ1n) is 11.9. The Kier molecular flexibility index (Phi) is 5.02. The molecule has 2 aliphatic carbocycles. The van der Waals surface area contributed by atoms with Crippen LogP contribution in [-0.4, -0.2) is 25.5 Å². The number of nitrogens with zero attached hydrogens (tertiary/aromatic N) is 2. The molecule has 1 spiro atoms. The fourth-order valence-electron chi connectivity index (χ4n) is 5.29. The summed E-state index contributed by atoms with van der Waals surface area (Å²) in [5, 5.41) is 8.63. The number of sulfonamides is 1. The number of rotatable bonds is 6. The number of para-hydroxylation sites is 1. The highest BCUT2D eigenvalue weighted by atomic mass is 32.2. The molecule has 6 rings (SSSR count). The van der Waals surface area contributed by atoms with Gasteiger partial charge in [-0.05, 0) is 66.3 Å². The summed E-state index contributed by atoms with van der Waals surface area (Å²) < 4.78 is 26.3. The van der Waals surface area contributed by atoms with Gasteiger partial charge < -0.3 is 4.90 Å². The van der Waals surface area contributed by atoms with Crippen molar-refractivity contribution in [2.24, 2.45) is 0 Å². The Labute approximate surface area is 209 Å². The van der Waals surface area contributed by atoms with E-state index in [2.05, 4.69) is 10.8 Å². The second kappa shape index (κ2) is 8.04. The van der Waals surface area contributed by atoms with E-state index in [1.165, 1.54) is 0 Å². The van der Waals surface area contributed by atoms with Crippen molar-refractivity contribution in [1.29, 1.82) is 5.26 Å². The molecule has 1 unspecified atom stereocenters. The Balaban J connectivity index is 1.22. The standard InChI is InChI=1S/C28H23N3O4S/c29-16-18-5-9-20(10-6-18)24-15-28(24)23-3-1-2-4-25(23)31(27(28)33)17-19-7-11-21(12-8-19)26(32)30-36(34,35)22-13-14-22/h1-12,22,24H,13-15,17H2,(H,30,32)/t24-,28?/m0/s1. The third-order valence-corrected chi connectivity index (χ3v) is 9.28. The topological polar surface area (TPSA) is 107 Å². The number of hydrogen-bond acceptors (Lipinski definition) is 5. The molecule has 3 aliphatic rings. The smallest absolute Gasteiger partial charge is 0.264 e. The van der Waals surface area contributed by atoms with Crippen molar-refractivity contribution in [1.82, 2.24) is 4.72 Å². The number of nitriles is 1. The molecule has 0 saturated heterocycles. The molecule has 3 aromatic carbocycles. The number of benzene rings is 3. The van der Waals surface area contributed by atoms with Crippen LogP contribution in [0.3, 0.4) is 0 Å². The molecule has 2 fully saturated rings. The second-order valence-corrected chi connectivity index (χ2v) is 11.7. The molecule has 0 aromatic heterocycles. The van der Waals surface area contributed by atoms with Crippen LogP contribution in [0.25, 0.3) is 0 Å². The minimum atomic E-state index is -3.61. The highest BCUT2D eigenvalue weighted by Gasteiger charge is 2.67. The Morgan fingerprint density at radius 1 is 1.03 bits per heavy atom. The van der Waals surface area contributed by atoms with E-state index in [1.807, 2.05) is 36.4 Å². The molecule has 1 heterocycles. The summed E-state index contributed by atoms with van der Waals surface area (Å²) in [5.74, 6) is -0.531. The fourth-order valence-corrected chi connectivity index (χ4v) is 6.59. The Morgan fingerprint density at radius 2 is 1.72 bits per heavy atom. The van der Waals surface area contributed by atoms with Crippen LogP contribution in [0.2, 0.25) is 0 Å². The van der Waals surface area contributed by atoms with E-state index >= 15 is 0 Å². The van der Waals surface area contributed by atoms with Crippen molar-refractivity contribution >= 4 is 27.5 Å². The number of hydrogen-bond donors (Lipinski definition) is 1. The maximum Gasteiger partial charge on any atom is 0.264 e. The highest BCUT2D eigenvalue weighted by Crippen LogP contribution is 2.66. The molecule has 8 heteroatoms. The fraction of sp³-hybridized carbons (Fsp3) is 0.250. The van der Waals surface area contributed by atoms with Crippen LogP contribution in [0.1, 0.15) is 57.8 Å². The van der Waals surface area contributed by atoms with Gasteiger partial charge in [-0.1, -0.05) is 42.5 Å². The quantitative estimate of drug-likeness (QED) is 0.558. The molecule has 180 valence electrons. The summed E-state index contributed by atoms with van der Waals surface area (Å²) in [6.07, 6.45) is 1.89. The van der Waals surface area contributed by atoms with Crippen LogP contribution >= 0.6 is 0 Å². The predicted molar refractivity (Wildman–Crippen MR) is 134 cm³/mol. The zero-order valence-electron chi connectivity index (χ0n) is 19.3. The Hall–Kier alpha value is -3.96. The average molecular weight is 498 g/mol. The number of anilines is 1. The van der Waals surface area contributed by atoms with Crippen LogP contribution < -0.4 is 9.62 Å². The van der Waals surface area contributed by atoms with E-state index in [-0.39, 0.29) is 17.4 Å². The minimum Gasteiger partial charge on any atom is -0.307 e. The van der Waals surface area contributed by atoms with Gasteiger partial charge in [-0.25, -0.2) is 13.1 Å². The van der Waals surface area contributed by atoms with Crippen LogP contribution in [0.5, 0.6) is 0 Å². The highest BCUT2D eigenvalue weighted by molar-refractivity contribution is 7.91. The van der Waals surface area contributed by atoms with Gasteiger partial charge in [0, 0.05) is 17.2 Å². The Bertz CT molecular complexity index is 1540. The summed E-state index contributed by atoms with van der Waals surface area (Å²) in [5.41, 5.74) is 4.05. The first-order valence-corrected chi connectivity index (χ1v) is 13.4. The molecule has 2 saturated carbocycles. The normalized spacial score (nSPS) is 22.2. The molecular formula is C28H23N3O4S. The Morgan fingerprint density at radius 3 is 2.39 bits per heavy atom. The largest absolute Gasteiger partial charge is 0.307 e. The van der Waals surface area contributed by atoms with E-state index in [9.17, 15) is 18.0 Å². The van der Waals surface area contributed by atoms with Gasteiger partial charge in [0.1, 0.15) is 0 Å². The van der Waals surface area contributed by atoms with Gasteiger partial charge in [0.25, 0.3) is 5.91 Å². The van der Waals surface area contributed by atoms with Crippen LogP contribution in [0.4, 0.5) is 5.69 Å². The van der Waals surface area contributed by atoms with Gasteiger partial charge in [0.15, 0.2) is 0 Å². The molecule has 1 aliphatic heterocycles. The monoisotopic (exact) mass is 497 g/mol. The lowest BCUT2D eigenvalue weighted by atomic mass is 9.92. The zero-order chi connectivity index (χ0) is 25.1. The van der Waals surface area contributed by atoms with Gasteiger partial charge in [-0.2, -0.15) is 5.26 Å². The van der Waals surface area contributed by atoms with Gasteiger partial charge >= 0.3 is 0 Å². The molecule has 36 heavy (non-hydrogen) atoms. The molecule has 0 radical (unpaired) electrons. The maximum atomic E-state index is 13.8. The molecule has 7 nitrogen and oxygen atoms in total. The molecule has 3 aromatic rings. The predicted octanol–water partition coefficient (Wildman–Crippen LogP) is 3.75. The number of carbonyl (C=O) groups excluding carboxylic acids is 2.